The number of anilines is 2. The highest BCUT2D eigenvalue weighted by atomic mass is 35.5. The second-order valence-electron chi connectivity index (χ2n) is 6.37. The summed E-state index contributed by atoms with van der Waals surface area (Å²) in [5.74, 6) is 0.579. The molecular formula is C21H17ClFN3O3S. The van der Waals surface area contributed by atoms with Crippen LogP contribution < -0.4 is 18.7 Å². The number of nitrogens with zero attached hydrogens (tertiary/aromatic N) is 3. The Labute approximate surface area is 182 Å². The summed E-state index contributed by atoms with van der Waals surface area (Å²) >= 11 is 7.10. The molecule has 2 heterocycles. The highest BCUT2D eigenvalue weighted by Crippen LogP contribution is 2.43. The van der Waals surface area contributed by atoms with E-state index in [9.17, 15) is 9.18 Å². The number of ether oxygens (including phenoxy) is 2. The van der Waals surface area contributed by atoms with E-state index in [2.05, 4.69) is 4.98 Å². The molecule has 1 aromatic heterocycles. The van der Waals surface area contributed by atoms with Crippen LogP contribution in [0, 0.1) is 5.82 Å². The standard InChI is InChI=1S/C21H17ClFN3O3S/c1-28-18-6-5-15(10-19(18)29-2)26-21(27)25(17-7-8-24-11-20(17)30-26)12-13-3-4-14(22)9-16(13)23/h3-11H,12H2,1-2H3. The third-order valence-electron chi connectivity index (χ3n) is 4.59. The average Bonchev–Trinajstić information content (AvgIpc) is 2.76. The zero-order valence-corrected chi connectivity index (χ0v) is 17.7. The number of amides is 2. The molecule has 0 saturated heterocycles. The molecule has 0 unspecified atom stereocenters. The van der Waals surface area contributed by atoms with Crippen molar-refractivity contribution in [3.63, 3.8) is 0 Å². The quantitative estimate of drug-likeness (QED) is 0.482. The van der Waals surface area contributed by atoms with Crippen LogP contribution in [0.25, 0.3) is 0 Å². The van der Waals surface area contributed by atoms with E-state index in [-0.39, 0.29) is 12.6 Å². The van der Waals surface area contributed by atoms with E-state index >= 15 is 0 Å². The average molecular weight is 446 g/mol. The van der Waals surface area contributed by atoms with Crippen LogP contribution in [-0.4, -0.2) is 25.2 Å². The van der Waals surface area contributed by atoms with Gasteiger partial charge in [-0.2, -0.15) is 0 Å². The largest absolute Gasteiger partial charge is 0.493 e. The first kappa shape index (κ1) is 20.3. The third kappa shape index (κ3) is 3.76. The van der Waals surface area contributed by atoms with Gasteiger partial charge in [-0.25, -0.2) is 13.5 Å². The van der Waals surface area contributed by atoms with E-state index < -0.39 is 5.82 Å². The normalized spacial score (nSPS) is 13.3. The maximum atomic E-state index is 14.4. The van der Waals surface area contributed by atoms with Gasteiger partial charge in [-0.1, -0.05) is 17.7 Å². The van der Waals surface area contributed by atoms with Gasteiger partial charge in [0, 0.05) is 41.0 Å². The molecule has 30 heavy (non-hydrogen) atoms. The maximum absolute atomic E-state index is 14.4. The van der Waals surface area contributed by atoms with Crippen LogP contribution in [0.5, 0.6) is 11.5 Å². The molecule has 1 aliphatic heterocycles. The fourth-order valence-electron chi connectivity index (χ4n) is 3.10. The van der Waals surface area contributed by atoms with Crippen molar-refractivity contribution in [2.75, 3.05) is 23.4 Å². The van der Waals surface area contributed by atoms with Gasteiger partial charge in [0.1, 0.15) is 5.82 Å². The van der Waals surface area contributed by atoms with Crippen molar-refractivity contribution in [1.82, 2.24) is 4.98 Å². The number of carbonyl (C=O) groups excluding carboxylic acids is 1. The number of rotatable bonds is 5. The Balaban J connectivity index is 1.74. The molecule has 9 heteroatoms. The zero-order valence-electron chi connectivity index (χ0n) is 16.1. The van der Waals surface area contributed by atoms with E-state index in [0.717, 1.165) is 4.90 Å². The zero-order chi connectivity index (χ0) is 21.3. The van der Waals surface area contributed by atoms with Gasteiger partial charge in [-0.3, -0.25) is 9.88 Å². The summed E-state index contributed by atoms with van der Waals surface area (Å²) in [7, 11) is 3.07. The van der Waals surface area contributed by atoms with Crippen molar-refractivity contribution in [2.45, 2.75) is 11.4 Å². The van der Waals surface area contributed by atoms with E-state index in [1.807, 2.05) is 0 Å². The lowest BCUT2D eigenvalue weighted by atomic mass is 10.2. The van der Waals surface area contributed by atoms with Gasteiger partial charge in [0.25, 0.3) is 0 Å². The minimum atomic E-state index is -0.471. The van der Waals surface area contributed by atoms with Crippen molar-refractivity contribution in [1.29, 1.82) is 0 Å². The Morgan fingerprint density at radius 3 is 2.63 bits per heavy atom. The third-order valence-corrected chi connectivity index (χ3v) is 5.89. The Morgan fingerprint density at radius 1 is 1.10 bits per heavy atom. The number of pyridine rings is 1. The molecule has 0 N–H and O–H groups in total. The van der Waals surface area contributed by atoms with Crippen LogP contribution in [0.3, 0.4) is 0 Å². The number of hydrogen-bond acceptors (Lipinski definition) is 5. The van der Waals surface area contributed by atoms with Crippen LogP contribution in [-0.2, 0) is 6.54 Å². The summed E-state index contributed by atoms with van der Waals surface area (Å²) < 4.78 is 26.6. The van der Waals surface area contributed by atoms with E-state index in [1.54, 1.807) is 55.9 Å². The Hall–Kier alpha value is -2.97. The molecule has 0 bridgehead atoms. The van der Waals surface area contributed by atoms with Gasteiger partial charge >= 0.3 is 6.03 Å². The molecule has 154 valence electrons. The van der Waals surface area contributed by atoms with Gasteiger partial charge < -0.3 is 9.47 Å². The SMILES string of the molecule is COc1ccc(N2Sc3cnccc3N(Cc3ccc(Cl)cc3F)C2=O)cc1OC. The number of benzene rings is 2. The number of hydrogen-bond donors (Lipinski definition) is 0. The second kappa shape index (κ2) is 8.41. The minimum Gasteiger partial charge on any atom is -0.493 e. The first-order valence-corrected chi connectivity index (χ1v) is 10.1. The molecule has 6 nitrogen and oxygen atoms in total. The van der Waals surface area contributed by atoms with Gasteiger partial charge in [0.2, 0.25) is 0 Å². The van der Waals surface area contributed by atoms with Crippen LogP contribution in [0.1, 0.15) is 5.56 Å². The Morgan fingerprint density at radius 2 is 1.90 bits per heavy atom. The highest BCUT2D eigenvalue weighted by molar-refractivity contribution is 8.01. The number of methoxy groups -OCH3 is 2. The smallest absolute Gasteiger partial charge is 0.339 e. The van der Waals surface area contributed by atoms with Gasteiger partial charge in [-0.15, -0.1) is 0 Å². The molecule has 2 amide bonds. The van der Waals surface area contributed by atoms with Crippen LogP contribution in [0.4, 0.5) is 20.6 Å². The summed E-state index contributed by atoms with van der Waals surface area (Å²) in [5, 5.41) is 0.299. The van der Waals surface area contributed by atoms with Crippen molar-refractivity contribution in [3.05, 3.63) is 71.3 Å². The first-order valence-electron chi connectivity index (χ1n) is 8.91. The van der Waals surface area contributed by atoms with E-state index in [0.29, 0.717) is 33.5 Å². The summed E-state index contributed by atoms with van der Waals surface area (Å²) in [6.45, 7) is 0.0448. The van der Waals surface area contributed by atoms with Crippen molar-refractivity contribution < 1.29 is 18.7 Å². The summed E-state index contributed by atoms with van der Waals surface area (Å²) in [4.78, 5) is 19.9. The number of carbonyl (C=O) groups is 1. The maximum Gasteiger partial charge on any atom is 0.339 e. The first-order chi connectivity index (χ1) is 14.5. The number of urea groups is 1. The molecule has 4 rings (SSSR count). The Bertz CT molecular complexity index is 1110. The molecule has 0 radical (unpaired) electrons. The molecule has 0 atom stereocenters. The molecule has 3 aromatic rings. The predicted octanol–water partition coefficient (Wildman–Crippen LogP) is 5.55. The molecule has 0 spiro atoms. The van der Waals surface area contributed by atoms with Crippen molar-refractivity contribution in [3.8, 4) is 11.5 Å². The lowest BCUT2D eigenvalue weighted by molar-refractivity contribution is 0.254. The fraction of sp³-hybridized carbons (Fsp3) is 0.143. The molecule has 0 fully saturated rings. The molecule has 1 aliphatic rings. The summed E-state index contributed by atoms with van der Waals surface area (Å²) in [5.41, 5.74) is 1.61. The van der Waals surface area contributed by atoms with Crippen LogP contribution in [0.15, 0.2) is 59.8 Å². The Kier molecular flexibility index (Phi) is 5.69. The molecule has 0 aliphatic carbocycles. The van der Waals surface area contributed by atoms with Gasteiger partial charge in [-0.05, 0) is 30.3 Å². The van der Waals surface area contributed by atoms with Crippen molar-refractivity contribution in [2.24, 2.45) is 0 Å². The highest BCUT2D eigenvalue weighted by Gasteiger charge is 2.33. The summed E-state index contributed by atoms with van der Waals surface area (Å²) in [6.07, 6.45) is 3.27. The minimum absolute atomic E-state index is 0.0448. The second-order valence-corrected chi connectivity index (χ2v) is 7.80. The summed E-state index contributed by atoms with van der Waals surface area (Å²) in [6, 6.07) is 11.0. The molecular weight excluding hydrogens is 429 g/mol. The molecule has 0 saturated carbocycles. The number of fused-ring (bicyclic) bond motifs is 1. The lowest BCUT2D eigenvalue weighted by Gasteiger charge is -2.35. The van der Waals surface area contributed by atoms with Gasteiger partial charge in [0.05, 0.1) is 37.0 Å². The van der Waals surface area contributed by atoms with E-state index in [4.69, 9.17) is 21.1 Å². The topological polar surface area (TPSA) is 54.9 Å². The van der Waals surface area contributed by atoms with Gasteiger partial charge in [0.15, 0.2) is 11.5 Å². The molecule has 2 aromatic carbocycles. The van der Waals surface area contributed by atoms with Crippen molar-refractivity contribution >= 4 is 41.0 Å². The number of aromatic nitrogens is 1. The van der Waals surface area contributed by atoms with Crippen LogP contribution >= 0.6 is 23.5 Å². The monoisotopic (exact) mass is 445 g/mol. The predicted molar refractivity (Wildman–Crippen MR) is 115 cm³/mol. The van der Waals surface area contributed by atoms with Crippen LogP contribution in [0.2, 0.25) is 5.02 Å². The lowest BCUT2D eigenvalue weighted by Crippen LogP contribution is -2.43. The van der Waals surface area contributed by atoms with E-state index in [1.165, 1.54) is 34.3 Å². The number of halogens is 2. The fourth-order valence-corrected chi connectivity index (χ4v) is 4.23.